The fourth-order valence-corrected chi connectivity index (χ4v) is 2.96. The molecule has 3 aromatic rings. The molecule has 138 valence electrons. The number of aromatic carboxylic acids is 1. The monoisotopic (exact) mass is 371 g/mol. The van der Waals surface area contributed by atoms with Crippen LogP contribution in [-0.4, -0.2) is 17.6 Å². The zero-order valence-electron chi connectivity index (χ0n) is 15.0. The predicted octanol–water partition coefficient (Wildman–Crippen LogP) is 3.12. The van der Waals surface area contributed by atoms with Gasteiger partial charge in [0.2, 0.25) is 0 Å². The Hall–Kier alpha value is -3.93. The molecule has 4 rings (SSSR count). The molecule has 0 spiro atoms. The van der Waals surface area contributed by atoms with Crippen LogP contribution in [0.5, 0.6) is 0 Å². The lowest BCUT2D eigenvalue weighted by molar-refractivity contribution is -0.255. The number of furan rings is 1. The van der Waals surface area contributed by atoms with Gasteiger partial charge in [0.15, 0.2) is 0 Å². The zero-order valence-corrected chi connectivity index (χ0v) is 15.0. The summed E-state index contributed by atoms with van der Waals surface area (Å²) in [6.45, 7) is 1.76. The Kier molecular flexibility index (Phi) is 4.37. The minimum Gasteiger partial charge on any atom is -0.545 e. The summed E-state index contributed by atoms with van der Waals surface area (Å²) < 4.78 is 5.79. The summed E-state index contributed by atoms with van der Waals surface area (Å²) in [5.74, 6) is -0.516. The number of para-hydroxylation sites is 1. The van der Waals surface area contributed by atoms with E-state index >= 15 is 0 Å². The second-order valence-corrected chi connectivity index (χ2v) is 6.27. The van der Waals surface area contributed by atoms with Gasteiger partial charge in [0, 0.05) is 5.56 Å². The lowest BCUT2D eigenvalue weighted by atomic mass is 10.1. The molecule has 0 aliphatic carbocycles. The fourth-order valence-electron chi connectivity index (χ4n) is 2.96. The molecule has 0 saturated carbocycles. The largest absolute Gasteiger partial charge is 0.545 e. The molecular weight excluding hydrogens is 356 g/mol. The number of amides is 1. The van der Waals surface area contributed by atoms with Gasteiger partial charge in [-0.05, 0) is 48.9 Å². The van der Waals surface area contributed by atoms with Gasteiger partial charge >= 0.3 is 0 Å². The fraction of sp³-hybridized carbons (Fsp3) is 0.0455. The third-order valence-electron chi connectivity index (χ3n) is 4.36. The van der Waals surface area contributed by atoms with Gasteiger partial charge in [0.05, 0.1) is 22.9 Å². The molecule has 1 aromatic heterocycles. The molecule has 0 radical (unpaired) electrons. The molecule has 0 unspecified atom stereocenters. The number of carboxylic acids is 1. The molecule has 6 heteroatoms. The Morgan fingerprint density at radius 3 is 2.61 bits per heavy atom. The Labute approximate surface area is 161 Å². The number of benzene rings is 2. The van der Waals surface area contributed by atoms with Crippen molar-refractivity contribution in [3.63, 3.8) is 0 Å². The van der Waals surface area contributed by atoms with E-state index in [4.69, 9.17) is 4.42 Å². The second-order valence-electron chi connectivity index (χ2n) is 6.27. The lowest BCUT2D eigenvalue weighted by Crippen LogP contribution is -2.22. The maximum Gasteiger partial charge on any atom is 0.280 e. The standard InChI is InChI=1S/C22H16N2O4/c1-14-19(21(25)24(23-14)17-8-3-2-4-9-17)13-18-10-11-20(28-18)15-6-5-7-16(12-15)22(26)27/h2-13H,1H3,(H,26,27)/p-1/b19-13+. The van der Waals surface area contributed by atoms with E-state index in [0.717, 1.165) is 0 Å². The topological polar surface area (TPSA) is 85.9 Å². The van der Waals surface area contributed by atoms with E-state index in [0.29, 0.717) is 34.1 Å². The smallest absolute Gasteiger partial charge is 0.280 e. The summed E-state index contributed by atoms with van der Waals surface area (Å²) in [6.07, 6.45) is 1.64. The third kappa shape index (κ3) is 3.23. The molecule has 1 aliphatic rings. The Morgan fingerprint density at radius 2 is 1.86 bits per heavy atom. The highest BCUT2D eigenvalue weighted by Crippen LogP contribution is 2.27. The summed E-state index contributed by atoms with van der Waals surface area (Å²) in [6, 6.07) is 18.9. The Balaban J connectivity index is 1.62. The first-order valence-electron chi connectivity index (χ1n) is 8.61. The zero-order chi connectivity index (χ0) is 19.7. The second kappa shape index (κ2) is 7.00. The summed E-state index contributed by atoms with van der Waals surface area (Å²) in [5, 5.41) is 16.7. The van der Waals surface area contributed by atoms with Gasteiger partial charge in [0.1, 0.15) is 11.5 Å². The van der Waals surface area contributed by atoms with E-state index in [1.165, 1.54) is 17.1 Å². The van der Waals surface area contributed by atoms with Crippen LogP contribution in [0.2, 0.25) is 0 Å². The van der Waals surface area contributed by atoms with Gasteiger partial charge in [-0.15, -0.1) is 0 Å². The van der Waals surface area contributed by atoms with Crippen molar-refractivity contribution in [3.05, 3.63) is 83.6 Å². The number of carbonyl (C=O) groups excluding carboxylic acids is 2. The lowest BCUT2D eigenvalue weighted by Gasteiger charge is -2.10. The van der Waals surface area contributed by atoms with Gasteiger partial charge in [0.25, 0.3) is 5.91 Å². The van der Waals surface area contributed by atoms with E-state index in [1.807, 2.05) is 30.3 Å². The molecule has 0 bridgehead atoms. The van der Waals surface area contributed by atoms with Crippen LogP contribution >= 0.6 is 0 Å². The SMILES string of the molecule is CC1=NN(c2ccccc2)C(=O)/C1=C/c1ccc(-c2cccc(C(=O)[O-])c2)o1. The average molecular weight is 371 g/mol. The van der Waals surface area contributed by atoms with Crippen LogP contribution in [0, 0.1) is 0 Å². The van der Waals surface area contributed by atoms with Crippen molar-refractivity contribution in [2.75, 3.05) is 5.01 Å². The van der Waals surface area contributed by atoms with Crippen LogP contribution in [0.25, 0.3) is 17.4 Å². The minimum absolute atomic E-state index is 0.0706. The van der Waals surface area contributed by atoms with Crippen molar-refractivity contribution < 1.29 is 19.1 Å². The van der Waals surface area contributed by atoms with Gasteiger partial charge < -0.3 is 14.3 Å². The van der Waals surface area contributed by atoms with Gasteiger partial charge in [-0.1, -0.05) is 36.4 Å². The third-order valence-corrected chi connectivity index (χ3v) is 4.36. The van der Waals surface area contributed by atoms with E-state index in [1.54, 1.807) is 37.3 Å². The normalized spacial score (nSPS) is 15.2. The maximum absolute atomic E-state index is 12.7. The molecular formula is C22H15N2O4-. The van der Waals surface area contributed by atoms with Crippen LogP contribution < -0.4 is 10.1 Å². The number of hydrogen-bond acceptors (Lipinski definition) is 5. The van der Waals surface area contributed by atoms with Crippen molar-refractivity contribution in [3.8, 4) is 11.3 Å². The number of hydrazone groups is 1. The van der Waals surface area contributed by atoms with E-state index < -0.39 is 5.97 Å². The van der Waals surface area contributed by atoms with Crippen LogP contribution in [-0.2, 0) is 4.79 Å². The molecule has 0 saturated heterocycles. The van der Waals surface area contributed by atoms with Crippen molar-refractivity contribution in [1.82, 2.24) is 0 Å². The maximum atomic E-state index is 12.7. The quantitative estimate of drug-likeness (QED) is 0.660. The first kappa shape index (κ1) is 17.5. The van der Waals surface area contributed by atoms with Gasteiger partial charge in [-0.3, -0.25) is 4.79 Å². The Bertz CT molecular complexity index is 1130. The van der Waals surface area contributed by atoms with Crippen LogP contribution in [0.1, 0.15) is 23.0 Å². The number of nitrogens with zero attached hydrogens (tertiary/aromatic N) is 2. The predicted molar refractivity (Wildman–Crippen MR) is 103 cm³/mol. The first-order valence-corrected chi connectivity index (χ1v) is 8.61. The summed E-state index contributed by atoms with van der Waals surface area (Å²) in [7, 11) is 0. The highest BCUT2D eigenvalue weighted by Gasteiger charge is 2.28. The highest BCUT2D eigenvalue weighted by atomic mass is 16.4. The molecule has 6 nitrogen and oxygen atoms in total. The number of anilines is 1. The summed E-state index contributed by atoms with van der Waals surface area (Å²) >= 11 is 0. The van der Waals surface area contributed by atoms with Crippen LogP contribution in [0.4, 0.5) is 5.69 Å². The average Bonchev–Trinajstić information content (AvgIpc) is 3.29. The molecule has 1 amide bonds. The molecule has 2 heterocycles. The van der Waals surface area contributed by atoms with Crippen molar-refractivity contribution >= 4 is 29.4 Å². The van der Waals surface area contributed by atoms with E-state index in [-0.39, 0.29) is 11.5 Å². The highest BCUT2D eigenvalue weighted by molar-refractivity contribution is 6.32. The Morgan fingerprint density at radius 1 is 1.07 bits per heavy atom. The number of carboxylic acid groups (broad SMARTS) is 1. The van der Waals surface area contributed by atoms with Gasteiger partial charge in [-0.25, -0.2) is 0 Å². The molecule has 28 heavy (non-hydrogen) atoms. The minimum atomic E-state index is -1.25. The molecule has 2 aromatic carbocycles. The number of hydrogen-bond donors (Lipinski definition) is 0. The molecule has 0 N–H and O–H groups in total. The number of rotatable bonds is 4. The van der Waals surface area contributed by atoms with Crippen molar-refractivity contribution in [1.29, 1.82) is 0 Å². The van der Waals surface area contributed by atoms with E-state index in [2.05, 4.69) is 5.10 Å². The van der Waals surface area contributed by atoms with Crippen molar-refractivity contribution in [2.45, 2.75) is 6.92 Å². The molecule has 1 aliphatic heterocycles. The van der Waals surface area contributed by atoms with Gasteiger partial charge in [-0.2, -0.15) is 10.1 Å². The first-order chi connectivity index (χ1) is 13.5. The summed E-state index contributed by atoms with van der Waals surface area (Å²) in [4.78, 5) is 23.8. The van der Waals surface area contributed by atoms with E-state index in [9.17, 15) is 14.7 Å². The van der Waals surface area contributed by atoms with Crippen LogP contribution in [0.3, 0.4) is 0 Å². The van der Waals surface area contributed by atoms with Crippen molar-refractivity contribution in [2.24, 2.45) is 5.10 Å². The molecule has 0 atom stereocenters. The number of carbonyl (C=O) groups is 2. The summed E-state index contributed by atoms with van der Waals surface area (Å²) in [5.41, 5.74) is 2.40. The molecule has 0 fully saturated rings. The van der Waals surface area contributed by atoms with Crippen LogP contribution in [0.15, 0.2) is 81.8 Å².